The molecule has 0 unspecified atom stereocenters. The van der Waals surface area contributed by atoms with E-state index in [-0.39, 0.29) is 23.7 Å². The number of ketones is 1. The quantitative estimate of drug-likeness (QED) is 0.663. The Morgan fingerprint density at radius 1 is 1.17 bits per heavy atom. The molecule has 1 aliphatic heterocycles. The van der Waals surface area contributed by atoms with E-state index in [0.717, 1.165) is 22.4 Å². The van der Waals surface area contributed by atoms with Gasteiger partial charge in [0, 0.05) is 17.7 Å². The number of benzene rings is 1. The Morgan fingerprint density at radius 2 is 2.00 bits per heavy atom. The minimum absolute atomic E-state index is 0.0264. The van der Waals surface area contributed by atoms with E-state index in [1.54, 1.807) is 30.2 Å². The molecule has 1 aliphatic carbocycles. The maximum absolute atomic E-state index is 13.4. The van der Waals surface area contributed by atoms with Crippen LogP contribution < -0.4 is 20.5 Å². The lowest BCUT2D eigenvalue weighted by Gasteiger charge is -2.34. The molecule has 2 aromatic heterocycles. The molecule has 0 saturated carbocycles. The largest absolute Gasteiger partial charge is 0.493 e. The summed E-state index contributed by atoms with van der Waals surface area (Å²) >= 11 is 1.59. The fourth-order valence-corrected chi connectivity index (χ4v) is 4.99. The predicted molar refractivity (Wildman–Crippen MR) is 114 cm³/mol. The number of aromatic nitrogens is 3. The molecule has 0 fully saturated rings. The van der Waals surface area contributed by atoms with Crippen LogP contribution in [0.25, 0.3) is 0 Å². The molecule has 0 amide bonds. The van der Waals surface area contributed by atoms with Crippen molar-refractivity contribution >= 4 is 29.0 Å². The van der Waals surface area contributed by atoms with E-state index in [4.69, 9.17) is 15.2 Å². The van der Waals surface area contributed by atoms with Crippen LogP contribution in [-0.2, 0) is 4.79 Å². The number of Topliss-reactive ketones (excluding diaryl/α,β-unsaturated/α-hetero) is 1. The summed E-state index contributed by atoms with van der Waals surface area (Å²) in [5.41, 5.74) is 9.53. The summed E-state index contributed by atoms with van der Waals surface area (Å²) in [5.74, 6) is 2.19. The Morgan fingerprint density at radius 3 is 2.73 bits per heavy atom. The van der Waals surface area contributed by atoms with Crippen LogP contribution in [0.4, 0.5) is 11.9 Å². The zero-order valence-electron chi connectivity index (χ0n) is 16.6. The van der Waals surface area contributed by atoms with E-state index in [9.17, 15) is 4.79 Å². The number of nitrogens with zero attached hydrogens (tertiary/aromatic N) is 3. The van der Waals surface area contributed by atoms with E-state index in [2.05, 4.69) is 15.4 Å². The summed E-state index contributed by atoms with van der Waals surface area (Å²) < 4.78 is 12.5. The molecule has 0 spiro atoms. The van der Waals surface area contributed by atoms with Crippen molar-refractivity contribution in [1.29, 1.82) is 0 Å². The summed E-state index contributed by atoms with van der Waals surface area (Å²) in [6, 6.07) is 7.52. The highest BCUT2D eigenvalue weighted by atomic mass is 32.1. The molecule has 9 heteroatoms. The van der Waals surface area contributed by atoms with Crippen LogP contribution in [0.3, 0.4) is 0 Å². The Labute approximate surface area is 177 Å². The molecular formula is C21H21N5O3S. The average molecular weight is 423 g/mol. The molecule has 3 heterocycles. The van der Waals surface area contributed by atoms with Crippen molar-refractivity contribution < 1.29 is 14.3 Å². The summed E-state index contributed by atoms with van der Waals surface area (Å²) in [4.78, 5) is 17.7. The Balaban J connectivity index is 1.56. The molecule has 2 aliphatic rings. The maximum atomic E-state index is 13.4. The number of ether oxygens (including phenoxy) is 2. The molecule has 3 aromatic rings. The van der Waals surface area contributed by atoms with Gasteiger partial charge in [0.2, 0.25) is 11.9 Å². The number of methoxy groups -OCH3 is 2. The van der Waals surface area contributed by atoms with Gasteiger partial charge in [-0.25, -0.2) is 4.68 Å². The first-order valence-corrected chi connectivity index (χ1v) is 10.5. The summed E-state index contributed by atoms with van der Waals surface area (Å²) in [5, 5.41) is 11.7. The molecule has 1 aromatic carbocycles. The topological polar surface area (TPSA) is 104 Å². The molecule has 30 heavy (non-hydrogen) atoms. The van der Waals surface area contributed by atoms with E-state index >= 15 is 0 Å². The normalized spacial score (nSPS) is 20.4. The molecule has 5 rings (SSSR count). The lowest BCUT2D eigenvalue weighted by atomic mass is 9.78. The molecule has 0 bridgehead atoms. The lowest BCUT2D eigenvalue weighted by molar-refractivity contribution is -0.116. The molecule has 2 atom stereocenters. The number of nitrogens with one attached hydrogen (secondary N) is 1. The van der Waals surface area contributed by atoms with Gasteiger partial charge in [0.15, 0.2) is 17.3 Å². The summed E-state index contributed by atoms with van der Waals surface area (Å²) in [6.45, 7) is 0. The van der Waals surface area contributed by atoms with Crippen molar-refractivity contribution in [3.05, 3.63) is 57.4 Å². The third-order valence-corrected chi connectivity index (χ3v) is 6.38. The number of nitrogens with two attached hydrogens (primary N) is 1. The molecule has 0 saturated heterocycles. The van der Waals surface area contributed by atoms with Crippen molar-refractivity contribution in [2.24, 2.45) is 0 Å². The number of hydrogen-bond acceptors (Lipinski definition) is 8. The van der Waals surface area contributed by atoms with Gasteiger partial charge in [-0.15, -0.1) is 5.10 Å². The minimum Gasteiger partial charge on any atom is -0.493 e. The van der Waals surface area contributed by atoms with Crippen LogP contribution in [-0.4, -0.2) is 34.8 Å². The zero-order valence-corrected chi connectivity index (χ0v) is 17.4. The number of hydrogen-bond donors (Lipinski definition) is 2. The third kappa shape index (κ3) is 2.93. The van der Waals surface area contributed by atoms with Crippen molar-refractivity contribution in [2.45, 2.75) is 24.8 Å². The maximum Gasteiger partial charge on any atom is 0.241 e. The average Bonchev–Trinajstić information content (AvgIpc) is 3.40. The van der Waals surface area contributed by atoms with Crippen molar-refractivity contribution in [2.75, 3.05) is 25.3 Å². The van der Waals surface area contributed by atoms with Gasteiger partial charge in [-0.05, 0) is 52.4 Å². The minimum atomic E-state index is -0.314. The van der Waals surface area contributed by atoms with Gasteiger partial charge in [0.1, 0.15) is 6.04 Å². The highest BCUT2D eigenvalue weighted by Crippen LogP contribution is 2.45. The third-order valence-electron chi connectivity index (χ3n) is 5.67. The predicted octanol–water partition coefficient (Wildman–Crippen LogP) is 3.35. The Kier molecular flexibility index (Phi) is 4.47. The first kappa shape index (κ1) is 18.7. The Bertz CT molecular complexity index is 1150. The Hall–Kier alpha value is -3.33. The molecule has 154 valence electrons. The number of anilines is 2. The smallest absolute Gasteiger partial charge is 0.241 e. The van der Waals surface area contributed by atoms with Crippen molar-refractivity contribution in [3.8, 4) is 11.5 Å². The van der Waals surface area contributed by atoms with Crippen LogP contribution >= 0.6 is 11.3 Å². The fourth-order valence-electron chi connectivity index (χ4n) is 4.31. The molecule has 0 radical (unpaired) electrons. The monoisotopic (exact) mass is 423 g/mol. The zero-order chi connectivity index (χ0) is 20.8. The second kappa shape index (κ2) is 7.17. The highest BCUT2D eigenvalue weighted by Gasteiger charge is 2.39. The standard InChI is InChI=1S/C21H21N5O3S/c1-28-16-4-3-11(9-17(16)29-2)13-7-14-18(15(27)8-13)19(12-5-6-30-10-12)26-21(23-14)24-20(22)25-26/h3-6,9-10,13,19H,7-8H2,1-2H3,(H3,22,23,24,25)/t13-,19+/m0/s1. The second-order valence-electron chi connectivity index (χ2n) is 7.36. The number of rotatable bonds is 4. The van der Waals surface area contributed by atoms with Gasteiger partial charge in [0.05, 0.1) is 14.2 Å². The van der Waals surface area contributed by atoms with E-state index < -0.39 is 0 Å². The van der Waals surface area contributed by atoms with Crippen LogP contribution in [0.15, 0.2) is 46.3 Å². The first-order valence-electron chi connectivity index (χ1n) is 9.58. The molecule has 3 N–H and O–H groups in total. The van der Waals surface area contributed by atoms with E-state index in [0.29, 0.717) is 30.3 Å². The number of carbonyl (C=O) groups is 1. The van der Waals surface area contributed by atoms with Crippen molar-refractivity contribution in [1.82, 2.24) is 14.8 Å². The number of nitrogen functional groups attached to an aromatic ring is 1. The second-order valence-corrected chi connectivity index (χ2v) is 8.14. The van der Waals surface area contributed by atoms with Crippen LogP contribution in [0.5, 0.6) is 11.5 Å². The van der Waals surface area contributed by atoms with Gasteiger partial charge in [-0.1, -0.05) is 6.07 Å². The number of carbonyl (C=O) groups excluding carboxylic acids is 1. The highest BCUT2D eigenvalue weighted by molar-refractivity contribution is 7.08. The summed E-state index contributed by atoms with van der Waals surface area (Å²) in [6.07, 6.45) is 1.10. The molecule has 8 nitrogen and oxygen atoms in total. The lowest BCUT2D eigenvalue weighted by Crippen LogP contribution is -2.33. The molecular weight excluding hydrogens is 402 g/mol. The number of allylic oxidation sites excluding steroid dienone is 2. The van der Waals surface area contributed by atoms with Crippen LogP contribution in [0.1, 0.15) is 35.9 Å². The first-order chi connectivity index (χ1) is 14.6. The summed E-state index contributed by atoms with van der Waals surface area (Å²) in [7, 11) is 3.22. The van der Waals surface area contributed by atoms with E-state index in [1.165, 1.54) is 0 Å². The number of thiophene rings is 1. The van der Waals surface area contributed by atoms with Gasteiger partial charge < -0.3 is 20.5 Å². The number of fused-ring (bicyclic) bond motifs is 1. The van der Waals surface area contributed by atoms with Crippen molar-refractivity contribution in [3.63, 3.8) is 0 Å². The van der Waals surface area contributed by atoms with Gasteiger partial charge in [-0.2, -0.15) is 16.3 Å². The van der Waals surface area contributed by atoms with Gasteiger partial charge >= 0.3 is 0 Å². The van der Waals surface area contributed by atoms with E-state index in [1.807, 2.05) is 35.0 Å². The SMILES string of the molecule is COc1ccc([C@@H]2CC(=O)C3=C(C2)Nc2nc(N)nn2[C@@H]3c2ccsc2)cc1OC. The van der Waals surface area contributed by atoms with Crippen LogP contribution in [0.2, 0.25) is 0 Å². The van der Waals surface area contributed by atoms with Crippen LogP contribution in [0, 0.1) is 0 Å². The van der Waals surface area contributed by atoms with Gasteiger partial charge in [0.25, 0.3) is 0 Å². The van der Waals surface area contributed by atoms with Gasteiger partial charge in [-0.3, -0.25) is 4.79 Å². The fraction of sp³-hybridized carbons (Fsp3) is 0.286.